The number of nitrogens with two attached hydrogens (primary N) is 1. The predicted molar refractivity (Wildman–Crippen MR) is 70.6 cm³/mol. The Balaban J connectivity index is 2.02. The number of hydrogen-bond donors (Lipinski definition) is 2. The van der Waals surface area contributed by atoms with Crippen molar-refractivity contribution in [3.8, 4) is 0 Å². The van der Waals surface area contributed by atoms with Gasteiger partial charge in [0.1, 0.15) is 5.82 Å². The van der Waals surface area contributed by atoms with Gasteiger partial charge in [0.2, 0.25) is 5.91 Å². The van der Waals surface area contributed by atoms with Crippen molar-refractivity contribution < 1.29 is 19.1 Å². The third-order valence-corrected chi connectivity index (χ3v) is 3.68. The molecule has 6 heteroatoms. The van der Waals surface area contributed by atoms with Crippen LogP contribution in [-0.4, -0.2) is 35.0 Å². The van der Waals surface area contributed by atoms with Crippen LogP contribution in [0.15, 0.2) is 18.2 Å². The molecule has 0 saturated carbocycles. The first-order valence-electron chi connectivity index (χ1n) is 6.50. The zero-order valence-corrected chi connectivity index (χ0v) is 11.0. The van der Waals surface area contributed by atoms with Crippen molar-refractivity contribution in [1.29, 1.82) is 0 Å². The van der Waals surface area contributed by atoms with E-state index in [0.717, 1.165) is 0 Å². The Morgan fingerprint density at radius 1 is 1.35 bits per heavy atom. The molecule has 20 heavy (non-hydrogen) atoms. The molecule has 1 fully saturated rings. The van der Waals surface area contributed by atoms with Crippen molar-refractivity contribution in [1.82, 2.24) is 4.90 Å². The van der Waals surface area contributed by atoms with Crippen LogP contribution in [0.2, 0.25) is 0 Å². The summed E-state index contributed by atoms with van der Waals surface area (Å²) in [5, 5.41) is 8.91. The summed E-state index contributed by atoms with van der Waals surface area (Å²) in [6.45, 7) is 1.66. The van der Waals surface area contributed by atoms with Crippen molar-refractivity contribution in [3.63, 3.8) is 0 Å². The molecule has 108 valence electrons. The molecule has 1 heterocycles. The summed E-state index contributed by atoms with van der Waals surface area (Å²) in [6.07, 6.45) is 1.32. The number of benzene rings is 1. The standard InChI is InChI=1S/C14H17FN2O3/c15-12-2-1-10(14(19)20)7-11(12)8-17-5-3-9(4-6-17)13(16)18/h1-2,7,9H,3-6,8H2,(H2,16,18)(H,19,20). The Bertz CT molecular complexity index is 525. The molecule has 5 nitrogen and oxygen atoms in total. The lowest BCUT2D eigenvalue weighted by Crippen LogP contribution is -2.38. The van der Waals surface area contributed by atoms with Gasteiger partial charge < -0.3 is 10.8 Å². The average Bonchev–Trinajstić information content (AvgIpc) is 2.41. The monoisotopic (exact) mass is 280 g/mol. The lowest BCUT2D eigenvalue weighted by molar-refractivity contribution is -0.123. The molecule has 0 aliphatic carbocycles. The summed E-state index contributed by atoms with van der Waals surface area (Å²) in [6, 6.07) is 3.78. The second-order valence-electron chi connectivity index (χ2n) is 5.06. The van der Waals surface area contributed by atoms with Gasteiger partial charge in [-0.3, -0.25) is 9.69 Å². The minimum Gasteiger partial charge on any atom is -0.478 e. The van der Waals surface area contributed by atoms with Gasteiger partial charge in [0, 0.05) is 18.0 Å². The molecule has 1 aliphatic rings. The fourth-order valence-corrected chi connectivity index (χ4v) is 2.45. The van der Waals surface area contributed by atoms with Crippen LogP contribution in [0.4, 0.5) is 4.39 Å². The zero-order chi connectivity index (χ0) is 14.7. The molecule has 1 saturated heterocycles. The largest absolute Gasteiger partial charge is 0.478 e. The quantitative estimate of drug-likeness (QED) is 0.868. The minimum atomic E-state index is -1.07. The normalized spacial score (nSPS) is 17.1. The van der Waals surface area contributed by atoms with E-state index in [2.05, 4.69) is 0 Å². The van der Waals surface area contributed by atoms with E-state index >= 15 is 0 Å². The van der Waals surface area contributed by atoms with Crippen LogP contribution in [0.5, 0.6) is 0 Å². The van der Waals surface area contributed by atoms with Crippen LogP contribution in [0.3, 0.4) is 0 Å². The molecule has 0 bridgehead atoms. The maximum Gasteiger partial charge on any atom is 0.335 e. The number of carbonyl (C=O) groups excluding carboxylic acids is 1. The molecular formula is C14H17FN2O3. The fourth-order valence-electron chi connectivity index (χ4n) is 2.45. The third-order valence-electron chi connectivity index (χ3n) is 3.68. The molecule has 1 aliphatic heterocycles. The Morgan fingerprint density at radius 3 is 2.55 bits per heavy atom. The molecular weight excluding hydrogens is 263 g/mol. The minimum absolute atomic E-state index is 0.0772. The van der Waals surface area contributed by atoms with Gasteiger partial charge in [0.05, 0.1) is 5.56 Å². The number of carboxylic acids is 1. The lowest BCUT2D eigenvalue weighted by atomic mass is 9.96. The van der Waals surface area contributed by atoms with Crippen LogP contribution < -0.4 is 5.73 Å². The smallest absolute Gasteiger partial charge is 0.335 e. The highest BCUT2D eigenvalue weighted by atomic mass is 19.1. The van der Waals surface area contributed by atoms with E-state index in [1.165, 1.54) is 18.2 Å². The molecule has 2 rings (SSSR count). The van der Waals surface area contributed by atoms with E-state index < -0.39 is 11.8 Å². The first-order valence-corrected chi connectivity index (χ1v) is 6.50. The number of carbonyl (C=O) groups is 2. The molecule has 0 spiro atoms. The predicted octanol–water partition coefficient (Wildman–Crippen LogP) is 1.22. The molecule has 3 N–H and O–H groups in total. The summed E-state index contributed by atoms with van der Waals surface area (Å²) < 4.78 is 13.7. The number of likely N-dealkylation sites (tertiary alicyclic amines) is 1. The van der Waals surface area contributed by atoms with E-state index in [1.54, 1.807) is 0 Å². The first kappa shape index (κ1) is 14.5. The number of rotatable bonds is 4. The van der Waals surface area contributed by atoms with Gasteiger partial charge >= 0.3 is 5.97 Å². The van der Waals surface area contributed by atoms with E-state index in [1.807, 2.05) is 4.90 Å². The number of carboxylic acid groups (broad SMARTS) is 1. The molecule has 1 aromatic carbocycles. The lowest BCUT2D eigenvalue weighted by Gasteiger charge is -2.30. The molecule has 0 unspecified atom stereocenters. The summed E-state index contributed by atoms with van der Waals surface area (Å²) in [5.41, 5.74) is 5.70. The number of amides is 1. The summed E-state index contributed by atoms with van der Waals surface area (Å²) in [4.78, 5) is 24.0. The van der Waals surface area contributed by atoms with Crippen molar-refractivity contribution in [2.24, 2.45) is 11.7 Å². The Labute approximate surface area is 116 Å². The molecule has 1 amide bonds. The number of primary amides is 1. The molecule has 1 aromatic rings. The van der Waals surface area contributed by atoms with Crippen LogP contribution in [0.1, 0.15) is 28.8 Å². The number of nitrogens with zero attached hydrogens (tertiary/aromatic N) is 1. The Morgan fingerprint density at radius 2 is 2.00 bits per heavy atom. The summed E-state index contributed by atoms with van der Waals surface area (Å²) in [5.74, 6) is -1.88. The van der Waals surface area contributed by atoms with E-state index in [4.69, 9.17) is 10.8 Å². The number of piperidine rings is 1. The Kier molecular flexibility index (Phi) is 4.34. The van der Waals surface area contributed by atoms with E-state index in [0.29, 0.717) is 38.0 Å². The van der Waals surface area contributed by atoms with E-state index in [-0.39, 0.29) is 17.4 Å². The SMILES string of the molecule is NC(=O)C1CCN(Cc2cc(C(=O)O)ccc2F)CC1. The second-order valence-corrected chi connectivity index (χ2v) is 5.06. The maximum atomic E-state index is 13.7. The molecule has 0 atom stereocenters. The third kappa shape index (κ3) is 3.33. The van der Waals surface area contributed by atoms with Crippen LogP contribution in [-0.2, 0) is 11.3 Å². The highest BCUT2D eigenvalue weighted by Crippen LogP contribution is 2.20. The van der Waals surface area contributed by atoms with Crippen LogP contribution in [0.25, 0.3) is 0 Å². The maximum absolute atomic E-state index is 13.7. The highest BCUT2D eigenvalue weighted by molar-refractivity contribution is 5.87. The average molecular weight is 280 g/mol. The van der Waals surface area contributed by atoms with Gasteiger partial charge in [0.15, 0.2) is 0 Å². The van der Waals surface area contributed by atoms with Crippen LogP contribution in [0, 0.1) is 11.7 Å². The number of halogens is 1. The zero-order valence-electron chi connectivity index (χ0n) is 11.0. The van der Waals surface area contributed by atoms with Crippen LogP contribution >= 0.6 is 0 Å². The number of aromatic carboxylic acids is 1. The topological polar surface area (TPSA) is 83.6 Å². The van der Waals surface area contributed by atoms with Gasteiger partial charge in [0.25, 0.3) is 0 Å². The molecule has 0 aromatic heterocycles. The molecule has 0 radical (unpaired) electrons. The fraction of sp³-hybridized carbons (Fsp3) is 0.429. The Hall–Kier alpha value is -1.95. The van der Waals surface area contributed by atoms with Gasteiger partial charge in [-0.05, 0) is 44.1 Å². The first-order chi connectivity index (χ1) is 9.47. The number of hydrogen-bond acceptors (Lipinski definition) is 3. The summed E-state index contributed by atoms with van der Waals surface area (Å²) in [7, 11) is 0. The van der Waals surface area contributed by atoms with Gasteiger partial charge in [-0.2, -0.15) is 0 Å². The van der Waals surface area contributed by atoms with Crippen molar-refractivity contribution in [2.45, 2.75) is 19.4 Å². The highest BCUT2D eigenvalue weighted by Gasteiger charge is 2.23. The second kappa shape index (κ2) is 6.00. The summed E-state index contributed by atoms with van der Waals surface area (Å²) >= 11 is 0. The van der Waals surface area contributed by atoms with E-state index in [9.17, 15) is 14.0 Å². The van der Waals surface area contributed by atoms with Crippen molar-refractivity contribution in [3.05, 3.63) is 35.1 Å². The van der Waals surface area contributed by atoms with Gasteiger partial charge in [-0.1, -0.05) is 0 Å². The van der Waals surface area contributed by atoms with Gasteiger partial charge in [-0.15, -0.1) is 0 Å². The van der Waals surface area contributed by atoms with Crippen molar-refractivity contribution in [2.75, 3.05) is 13.1 Å². The van der Waals surface area contributed by atoms with Gasteiger partial charge in [-0.25, -0.2) is 9.18 Å². The van der Waals surface area contributed by atoms with Crippen molar-refractivity contribution >= 4 is 11.9 Å².